The second-order valence-electron chi connectivity index (χ2n) is 4.66. The van der Waals surface area contributed by atoms with Crippen LogP contribution in [0.25, 0.3) is 0 Å². The van der Waals surface area contributed by atoms with Gasteiger partial charge in [-0.3, -0.25) is 4.79 Å². The predicted octanol–water partition coefficient (Wildman–Crippen LogP) is 2.37. The Balaban J connectivity index is 2.15. The molecule has 0 bridgehead atoms. The van der Waals surface area contributed by atoms with E-state index in [4.69, 9.17) is 0 Å². The van der Waals surface area contributed by atoms with Gasteiger partial charge in [-0.05, 0) is 12.0 Å². The lowest BCUT2D eigenvalue weighted by atomic mass is 10.1. The van der Waals surface area contributed by atoms with Gasteiger partial charge in [0.1, 0.15) is 0 Å². The third-order valence-electron chi connectivity index (χ3n) is 3.05. The van der Waals surface area contributed by atoms with Crippen LogP contribution in [0.1, 0.15) is 29.3 Å². The average Bonchev–Trinajstić information content (AvgIpc) is 2.48. The Bertz CT molecular complexity index is 552. The highest BCUT2D eigenvalue weighted by atomic mass is 16.5. The van der Waals surface area contributed by atoms with Gasteiger partial charge in [0, 0.05) is 25.2 Å². The molecule has 0 unspecified atom stereocenters. The number of hydrogen-bond acceptors (Lipinski definition) is 2. The van der Waals surface area contributed by atoms with Crippen LogP contribution in [0.2, 0.25) is 0 Å². The van der Waals surface area contributed by atoms with Crippen molar-refractivity contribution >= 4 is 5.91 Å². The molecule has 20 heavy (non-hydrogen) atoms. The van der Waals surface area contributed by atoms with Crippen molar-refractivity contribution in [3.8, 4) is 0 Å². The first-order chi connectivity index (χ1) is 9.70. The largest absolute Gasteiger partial charge is 0.619 e. The number of nitrogens with zero attached hydrogens (tertiary/aromatic N) is 2. The number of hydrogen-bond donors (Lipinski definition) is 0. The maximum atomic E-state index is 12.5. The third kappa shape index (κ3) is 3.57. The molecule has 2 rings (SSSR count). The summed E-state index contributed by atoms with van der Waals surface area (Å²) in [6.45, 7) is 3.32. The summed E-state index contributed by atoms with van der Waals surface area (Å²) >= 11 is 0. The number of rotatable bonds is 5. The molecule has 0 spiro atoms. The van der Waals surface area contributed by atoms with Crippen LogP contribution in [-0.2, 0) is 6.54 Å². The maximum Gasteiger partial charge on any atom is 0.254 e. The average molecular weight is 270 g/mol. The molecule has 4 nitrogen and oxygen atoms in total. The fourth-order valence-corrected chi connectivity index (χ4v) is 2.06. The molecule has 1 aromatic heterocycles. The van der Waals surface area contributed by atoms with Gasteiger partial charge >= 0.3 is 0 Å². The Hall–Kier alpha value is -2.36. The zero-order chi connectivity index (χ0) is 14.4. The molecule has 0 saturated carbocycles. The minimum Gasteiger partial charge on any atom is -0.619 e. The second-order valence-corrected chi connectivity index (χ2v) is 4.66. The van der Waals surface area contributed by atoms with Gasteiger partial charge in [-0.25, -0.2) is 0 Å². The molecule has 0 aliphatic rings. The van der Waals surface area contributed by atoms with Crippen molar-refractivity contribution in [2.24, 2.45) is 0 Å². The number of amides is 1. The maximum absolute atomic E-state index is 12.5. The fraction of sp³-hybridized carbons (Fsp3) is 0.250. The van der Waals surface area contributed by atoms with Gasteiger partial charge in [0.25, 0.3) is 5.91 Å². The first-order valence-electron chi connectivity index (χ1n) is 6.72. The van der Waals surface area contributed by atoms with Gasteiger partial charge in [0.05, 0.1) is 5.56 Å². The summed E-state index contributed by atoms with van der Waals surface area (Å²) < 4.78 is 0.679. The highest BCUT2D eigenvalue weighted by molar-refractivity contribution is 5.93. The van der Waals surface area contributed by atoms with Crippen LogP contribution in [0, 0.1) is 5.21 Å². The highest BCUT2D eigenvalue weighted by Crippen LogP contribution is 2.10. The van der Waals surface area contributed by atoms with Gasteiger partial charge in [0.2, 0.25) is 0 Å². The van der Waals surface area contributed by atoms with Gasteiger partial charge in [0.15, 0.2) is 12.4 Å². The van der Waals surface area contributed by atoms with E-state index in [2.05, 4.69) is 0 Å². The monoisotopic (exact) mass is 270 g/mol. The van der Waals surface area contributed by atoms with E-state index in [9.17, 15) is 10.0 Å². The fourth-order valence-electron chi connectivity index (χ4n) is 2.06. The molecule has 1 aromatic carbocycles. The smallest absolute Gasteiger partial charge is 0.254 e. The normalized spacial score (nSPS) is 10.2. The van der Waals surface area contributed by atoms with E-state index in [1.54, 1.807) is 17.0 Å². The molecule has 0 atom stereocenters. The van der Waals surface area contributed by atoms with E-state index in [0.717, 1.165) is 12.0 Å². The second kappa shape index (κ2) is 6.70. The van der Waals surface area contributed by atoms with E-state index in [1.165, 1.54) is 12.4 Å². The Morgan fingerprint density at radius 2 is 1.80 bits per heavy atom. The van der Waals surface area contributed by atoms with Crippen molar-refractivity contribution in [3.63, 3.8) is 0 Å². The molecule has 0 aliphatic carbocycles. The van der Waals surface area contributed by atoms with Crippen molar-refractivity contribution < 1.29 is 9.52 Å². The Morgan fingerprint density at radius 3 is 2.40 bits per heavy atom. The third-order valence-corrected chi connectivity index (χ3v) is 3.05. The lowest BCUT2D eigenvalue weighted by Crippen LogP contribution is -2.32. The van der Waals surface area contributed by atoms with Gasteiger partial charge in [-0.15, -0.1) is 0 Å². The minimum atomic E-state index is -0.0451. The van der Waals surface area contributed by atoms with Gasteiger partial charge in [-0.1, -0.05) is 37.3 Å². The lowest BCUT2D eigenvalue weighted by molar-refractivity contribution is -0.605. The van der Waals surface area contributed by atoms with E-state index >= 15 is 0 Å². The van der Waals surface area contributed by atoms with Gasteiger partial charge in [-0.2, -0.15) is 4.73 Å². The van der Waals surface area contributed by atoms with E-state index in [0.29, 0.717) is 23.4 Å². The van der Waals surface area contributed by atoms with Crippen molar-refractivity contribution in [1.82, 2.24) is 4.90 Å². The van der Waals surface area contributed by atoms with Crippen LogP contribution in [0.15, 0.2) is 54.9 Å². The molecule has 0 radical (unpaired) electrons. The molecule has 0 fully saturated rings. The van der Waals surface area contributed by atoms with Crippen LogP contribution in [0.4, 0.5) is 0 Å². The molecule has 1 amide bonds. The van der Waals surface area contributed by atoms with Crippen molar-refractivity contribution in [2.75, 3.05) is 6.54 Å². The first kappa shape index (κ1) is 14.1. The van der Waals surface area contributed by atoms with Crippen molar-refractivity contribution in [1.29, 1.82) is 0 Å². The quantitative estimate of drug-likeness (QED) is 0.618. The Kier molecular flexibility index (Phi) is 4.71. The molecule has 0 saturated heterocycles. The molecular weight excluding hydrogens is 252 g/mol. The zero-order valence-corrected chi connectivity index (χ0v) is 11.5. The number of carbonyl (C=O) groups is 1. The lowest BCUT2D eigenvalue weighted by Gasteiger charge is -2.22. The summed E-state index contributed by atoms with van der Waals surface area (Å²) in [4.78, 5) is 14.3. The van der Waals surface area contributed by atoms with Crippen LogP contribution >= 0.6 is 0 Å². The Morgan fingerprint density at radius 1 is 1.15 bits per heavy atom. The summed E-state index contributed by atoms with van der Waals surface area (Å²) in [5, 5.41) is 11.0. The Labute approximate surface area is 118 Å². The standard InChI is InChI=1S/C16H18N2O2/c1-2-10-17(13-14-6-4-3-5-7-14)16(19)15-8-11-18(20)12-9-15/h3-9,11-12H,2,10,13H2,1H3. The van der Waals surface area contributed by atoms with E-state index in [-0.39, 0.29) is 5.91 Å². The zero-order valence-electron chi connectivity index (χ0n) is 11.5. The summed E-state index contributed by atoms with van der Waals surface area (Å²) in [6, 6.07) is 13.0. The van der Waals surface area contributed by atoms with Crippen LogP contribution < -0.4 is 4.73 Å². The summed E-state index contributed by atoms with van der Waals surface area (Å²) in [5.74, 6) is -0.0451. The number of carbonyl (C=O) groups excluding carboxylic acids is 1. The number of pyridine rings is 1. The van der Waals surface area contributed by atoms with E-state index < -0.39 is 0 Å². The van der Waals surface area contributed by atoms with E-state index in [1.807, 2.05) is 37.3 Å². The minimum absolute atomic E-state index is 0.0451. The molecule has 4 heteroatoms. The van der Waals surface area contributed by atoms with Crippen molar-refractivity contribution in [3.05, 3.63) is 71.2 Å². The summed E-state index contributed by atoms with van der Waals surface area (Å²) in [7, 11) is 0. The van der Waals surface area contributed by atoms with Gasteiger partial charge < -0.3 is 10.1 Å². The van der Waals surface area contributed by atoms with Crippen LogP contribution in [0.5, 0.6) is 0 Å². The molecule has 2 aromatic rings. The SMILES string of the molecule is CCCN(Cc1ccccc1)C(=O)c1cc[n+]([O-])cc1. The highest BCUT2D eigenvalue weighted by Gasteiger charge is 2.16. The molecular formula is C16H18N2O2. The van der Waals surface area contributed by atoms with Crippen molar-refractivity contribution in [2.45, 2.75) is 19.9 Å². The molecule has 1 heterocycles. The molecule has 0 N–H and O–H groups in total. The topological polar surface area (TPSA) is 47.2 Å². The summed E-state index contributed by atoms with van der Waals surface area (Å²) in [5.41, 5.74) is 1.64. The predicted molar refractivity (Wildman–Crippen MR) is 76.9 cm³/mol. The molecule has 104 valence electrons. The molecule has 0 aliphatic heterocycles. The number of aromatic nitrogens is 1. The van der Waals surface area contributed by atoms with Crippen LogP contribution in [0.3, 0.4) is 0 Å². The van der Waals surface area contributed by atoms with Crippen LogP contribution in [-0.4, -0.2) is 17.4 Å². The number of benzene rings is 1. The summed E-state index contributed by atoms with van der Waals surface area (Å²) in [6.07, 6.45) is 3.59. The first-order valence-corrected chi connectivity index (χ1v) is 6.72.